The summed E-state index contributed by atoms with van der Waals surface area (Å²) in [6.45, 7) is 6.92. The van der Waals surface area contributed by atoms with Gasteiger partial charge in [-0.15, -0.1) is 0 Å². The van der Waals surface area contributed by atoms with Crippen LogP contribution < -0.4 is 4.74 Å². The maximum Gasteiger partial charge on any atom is 0.169 e. The highest BCUT2D eigenvalue weighted by atomic mass is 16.5. The molecule has 3 heterocycles. The van der Waals surface area contributed by atoms with Crippen LogP contribution in [0.25, 0.3) is 27.8 Å². The van der Waals surface area contributed by atoms with Crippen molar-refractivity contribution in [2.45, 2.75) is 20.8 Å². The van der Waals surface area contributed by atoms with E-state index >= 15 is 0 Å². The Morgan fingerprint density at radius 1 is 1.08 bits per heavy atom. The van der Waals surface area contributed by atoms with Crippen molar-refractivity contribution in [3.63, 3.8) is 0 Å². The fraction of sp³-hybridized carbons (Fsp3) is 0.250. The number of nitrogens with zero attached hydrogens (tertiary/aromatic N) is 4. The van der Waals surface area contributed by atoms with Gasteiger partial charge in [0.05, 0.1) is 23.2 Å². The van der Waals surface area contributed by atoms with Crippen LogP contribution in [0.1, 0.15) is 19.5 Å². The minimum Gasteiger partial charge on any atom is -0.492 e. The summed E-state index contributed by atoms with van der Waals surface area (Å²) in [4.78, 5) is 9.26. The van der Waals surface area contributed by atoms with Crippen LogP contribution in [-0.2, 0) is 0 Å². The van der Waals surface area contributed by atoms with Crippen molar-refractivity contribution in [3.05, 3.63) is 54.4 Å². The third-order valence-electron chi connectivity index (χ3n) is 4.07. The van der Waals surface area contributed by atoms with E-state index in [0.717, 1.165) is 39.2 Å². The Balaban J connectivity index is 2.03. The number of ether oxygens (including phenoxy) is 1. The first-order chi connectivity index (χ1) is 12.1. The first kappa shape index (κ1) is 15.6. The Bertz CT molecular complexity index is 1040. The van der Waals surface area contributed by atoms with Gasteiger partial charge in [0.25, 0.3) is 0 Å². The van der Waals surface area contributed by atoms with E-state index in [-0.39, 0.29) is 0 Å². The molecule has 4 rings (SSSR count). The Hall–Kier alpha value is -2.95. The molecular weight excluding hydrogens is 312 g/mol. The molecule has 0 aliphatic heterocycles. The van der Waals surface area contributed by atoms with Gasteiger partial charge in [-0.1, -0.05) is 32.0 Å². The van der Waals surface area contributed by atoms with Gasteiger partial charge < -0.3 is 4.74 Å². The molecule has 25 heavy (non-hydrogen) atoms. The van der Waals surface area contributed by atoms with E-state index in [2.05, 4.69) is 30.0 Å². The molecule has 0 amide bonds. The molecule has 5 nitrogen and oxygen atoms in total. The summed E-state index contributed by atoms with van der Waals surface area (Å²) >= 11 is 0. The molecule has 0 saturated heterocycles. The number of rotatable bonds is 4. The van der Waals surface area contributed by atoms with Crippen molar-refractivity contribution in [2.75, 3.05) is 6.61 Å². The quantitative estimate of drug-likeness (QED) is 0.559. The van der Waals surface area contributed by atoms with Gasteiger partial charge in [-0.2, -0.15) is 9.78 Å². The Kier molecular flexibility index (Phi) is 3.84. The van der Waals surface area contributed by atoms with Crippen LogP contribution in [0.3, 0.4) is 0 Å². The zero-order valence-electron chi connectivity index (χ0n) is 14.6. The number of para-hydroxylation sites is 1. The number of hydrogen-bond acceptors (Lipinski definition) is 4. The summed E-state index contributed by atoms with van der Waals surface area (Å²) in [7, 11) is 0. The lowest BCUT2D eigenvalue weighted by molar-refractivity contribution is 0.277. The minimum atomic E-state index is 0.438. The summed E-state index contributed by atoms with van der Waals surface area (Å²) in [6.07, 6.45) is 1.76. The van der Waals surface area contributed by atoms with E-state index in [1.165, 1.54) is 0 Å². The van der Waals surface area contributed by atoms with Crippen LogP contribution in [0.5, 0.6) is 5.75 Å². The normalized spacial score (nSPS) is 11.5. The molecule has 0 atom stereocenters. The van der Waals surface area contributed by atoms with Crippen molar-refractivity contribution in [3.8, 4) is 11.6 Å². The average Bonchev–Trinajstić information content (AvgIpc) is 2.96. The lowest BCUT2D eigenvalue weighted by Gasteiger charge is -2.13. The molecule has 0 unspecified atom stereocenters. The van der Waals surface area contributed by atoms with Gasteiger partial charge in [-0.05, 0) is 37.1 Å². The second-order valence-electron chi connectivity index (χ2n) is 6.55. The topological polar surface area (TPSA) is 52.8 Å². The largest absolute Gasteiger partial charge is 0.492 e. The van der Waals surface area contributed by atoms with E-state index in [1.807, 2.05) is 43.3 Å². The maximum atomic E-state index is 6.21. The highest BCUT2D eigenvalue weighted by Gasteiger charge is 2.19. The van der Waals surface area contributed by atoms with Gasteiger partial charge in [-0.3, -0.25) is 0 Å². The van der Waals surface area contributed by atoms with Crippen molar-refractivity contribution in [1.29, 1.82) is 0 Å². The van der Waals surface area contributed by atoms with Gasteiger partial charge in [-0.25, -0.2) is 9.97 Å². The molecule has 0 saturated carbocycles. The lowest BCUT2D eigenvalue weighted by Crippen LogP contribution is -2.06. The molecule has 0 bridgehead atoms. The Labute approximate surface area is 146 Å². The van der Waals surface area contributed by atoms with E-state index in [4.69, 9.17) is 9.72 Å². The number of fused-ring (bicyclic) bond motifs is 2. The molecule has 5 heteroatoms. The van der Waals surface area contributed by atoms with Gasteiger partial charge >= 0.3 is 0 Å². The van der Waals surface area contributed by atoms with Crippen molar-refractivity contribution in [2.24, 2.45) is 5.92 Å². The van der Waals surface area contributed by atoms with E-state index in [1.54, 1.807) is 10.9 Å². The number of benzene rings is 1. The molecule has 0 radical (unpaired) electrons. The minimum absolute atomic E-state index is 0.438. The second kappa shape index (κ2) is 6.16. The monoisotopic (exact) mass is 332 g/mol. The van der Waals surface area contributed by atoms with Crippen LogP contribution >= 0.6 is 0 Å². The maximum absolute atomic E-state index is 6.21. The molecule has 126 valence electrons. The van der Waals surface area contributed by atoms with E-state index < -0.39 is 0 Å². The second-order valence-corrected chi connectivity index (χ2v) is 6.55. The molecule has 3 aromatic heterocycles. The van der Waals surface area contributed by atoms with Crippen LogP contribution in [-0.4, -0.2) is 26.4 Å². The van der Waals surface area contributed by atoms with Crippen LogP contribution in [0.15, 0.2) is 48.7 Å². The van der Waals surface area contributed by atoms with Crippen molar-refractivity contribution >= 4 is 21.9 Å². The number of hydrogen-bond donors (Lipinski definition) is 0. The molecule has 4 aromatic rings. The summed E-state index contributed by atoms with van der Waals surface area (Å²) in [5.74, 6) is 2.04. The van der Waals surface area contributed by atoms with Crippen molar-refractivity contribution in [1.82, 2.24) is 19.7 Å². The molecule has 1 aromatic carbocycles. The van der Waals surface area contributed by atoms with Gasteiger partial charge in [0.1, 0.15) is 5.75 Å². The van der Waals surface area contributed by atoms with Gasteiger partial charge in [0.15, 0.2) is 11.5 Å². The average molecular weight is 332 g/mol. The summed E-state index contributed by atoms with van der Waals surface area (Å²) in [5.41, 5.74) is 2.55. The predicted octanol–water partition coefficient (Wildman–Crippen LogP) is 4.31. The molecule has 0 aliphatic rings. The number of pyridine rings is 2. The number of aryl methyl sites for hydroxylation is 1. The molecule has 0 aliphatic carbocycles. The Morgan fingerprint density at radius 3 is 2.64 bits per heavy atom. The van der Waals surface area contributed by atoms with E-state index in [9.17, 15) is 0 Å². The third-order valence-corrected chi connectivity index (χ3v) is 4.07. The molecule has 0 N–H and O–H groups in total. The summed E-state index contributed by atoms with van der Waals surface area (Å²) in [5, 5.41) is 6.64. The van der Waals surface area contributed by atoms with Gasteiger partial charge in [0.2, 0.25) is 0 Å². The molecule has 0 fully saturated rings. The van der Waals surface area contributed by atoms with Crippen LogP contribution in [0, 0.1) is 12.8 Å². The first-order valence-electron chi connectivity index (χ1n) is 8.47. The predicted molar refractivity (Wildman–Crippen MR) is 99.2 cm³/mol. The standard InChI is InChI=1S/C20H20N4O/c1-13(2)12-25-19-15-8-4-5-9-16(15)22-20-18(19)14(3)23-24(20)17-10-6-7-11-21-17/h4-11,13H,12H2,1-3H3. The highest BCUT2D eigenvalue weighted by molar-refractivity contribution is 6.01. The van der Waals surface area contributed by atoms with Crippen LogP contribution in [0.2, 0.25) is 0 Å². The fourth-order valence-electron chi connectivity index (χ4n) is 2.93. The third kappa shape index (κ3) is 2.71. The molecular formula is C20H20N4O. The summed E-state index contributed by atoms with van der Waals surface area (Å²) in [6, 6.07) is 13.8. The zero-order valence-corrected chi connectivity index (χ0v) is 14.6. The Morgan fingerprint density at radius 2 is 1.88 bits per heavy atom. The number of aromatic nitrogens is 4. The summed E-state index contributed by atoms with van der Waals surface area (Å²) < 4.78 is 8.00. The fourth-order valence-corrected chi connectivity index (χ4v) is 2.93. The van der Waals surface area contributed by atoms with Crippen LogP contribution in [0.4, 0.5) is 0 Å². The van der Waals surface area contributed by atoms with Gasteiger partial charge in [0, 0.05) is 11.6 Å². The highest BCUT2D eigenvalue weighted by Crippen LogP contribution is 2.35. The van der Waals surface area contributed by atoms with E-state index in [0.29, 0.717) is 12.5 Å². The smallest absolute Gasteiger partial charge is 0.169 e. The zero-order chi connectivity index (χ0) is 17.4. The lowest BCUT2D eigenvalue weighted by atomic mass is 10.1. The first-order valence-corrected chi connectivity index (χ1v) is 8.47. The van der Waals surface area contributed by atoms with Crippen molar-refractivity contribution < 1.29 is 4.74 Å². The molecule has 0 spiro atoms. The SMILES string of the molecule is Cc1nn(-c2ccccn2)c2nc3ccccc3c(OCC(C)C)c12.